The van der Waals surface area contributed by atoms with Crippen LogP contribution in [0.1, 0.15) is 11.1 Å². The van der Waals surface area contributed by atoms with Crippen LogP contribution in [0.25, 0.3) is 11.3 Å². The summed E-state index contributed by atoms with van der Waals surface area (Å²) in [5.41, 5.74) is 4.16. The van der Waals surface area contributed by atoms with E-state index in [0.29, 0.717) is 12.3 Å². The van der Waals surface area contributed by atoms with E-state index in [1.807, 2.05) is 25.1 Å². The van der Waals surface area contributed by atoms with Gasteiger partial charge in [-0.3, -0.25) is 9.48 Å². The van der Waals surface area contributed by atoms with Crippen LogP contribution in [0.3, 0.4) is 0 Å². The van der Waals surface area contributed by atoms with Crippen molar-refractivity contribution in [2.45, 2.75) is 20.1 Å². The molecule has 132 valence electrons. The van der Waals surface area contributed by atoms with E-state index in [0.717, 1.165) is 34.2 Å². The van der Waals surface area contributed by atoms with Gasteiger partial charge in [0.15, 0.2) is 0 Å². The number of halogens is 2. The fraction of sp³-hybridized carbons (Fsp3) is 0.158. The van der Waals surface area contributed by atoms with Crippen LogP contribution in [-0.4, -0.2) is 15.7 Å². The summed E-state index contributed by atoms with van der Waals surface area (Å²) in [7, 11) is 0. The third-order valence-corrected chi connectivity index (χ3v) is 4.50. The van der Waals surface area contributed by atoms with Crippen LogP contribution in [0.2, 0.25) is 5.02 Å². The van der Waals surface area contributed by atoms with Crippen molar-refractivity contribution in [1.82, 2.24) is 9.78 Å². The third-order valence-electron chi connectivity index (χ3n) is 4.19. The number of aryl methyl sites for hydroxylation is 1. The van der Waals surface area contributed by atoms with Crippen molar-refractivity contribution in [2.24, 2.45) is 0 Å². The average Bonchev–Trinajstić information content (AvgIpc) is 3.00. The van der Waals surface area contributed by atoms with E-state index in [1.165, 1.54) is 12.1 Å². The van der Waals surface area contributed by atoms with E-state index >= 15 is 0 Å². The van der Waals surface area contributed by atoms with Gasteiger partial charge in [-0.25, -0.2) is 4.39 Å². The predicted molar refractivity (Wildman–Crippen MR) is 96.8 cm³/mol. The number of nitrogens with zero attached hydrogens (tertiary/aromatic N) is 2. The van der Waals surface area contributed by atoms with Crippen LogP contribution in [0.4, 0.5) is 10.1 Å². The highest BCUT2D eigenvalue weighted by molar-refractivity contribution is 6.33. The number of hydrogen-bond acceptors (Lipinski definition) is 3. The van der Waals surface area contributed by atoms with Crippen molar-refractivity contribution < 1.29 is 13.9 Å². The normalized spacial score (nSPS) is 12.1. The first kappa shape index (κ1) is 16.6. The smallest absolute Gasteiger partial charge is 0.246 e. The lowest BCUT2D eigenvalue weighted by Crippen LogP contribution is -2.21. The van der Waals surface area contributed by atoms with Crippen molar-refractivity contribution in [3.8, 4) is 17.0 Å². The molecule has 4 rings (SSSR count). The van der Waals surface area contributed by atoms with Crippen LogP contribution < -0.4 is 10.1 Å². The highest BCUT2D eigenvalue weighted by atomic mass is 35.5. The molecule has 0 aliphatic carbocycles. The van der Waals surface area contributed by atoms with Crippen molar-refractivity contribution in [2.75, 3.05) is 5.32 Å². The van der Waals surface area contributed by atoms with Crippen LogP contribution in [-0.2, 0) is 17.9 Å². The minimum atomic E-state index is -0.457. The fourth-order valence-electron chi connectivity index (χ4n) is 2.99. The number of carbonyl (C=O) groups is 1. The molecule has 0 bridgehead atoms. The summed E-state index contributed by atoms with van der Waals surface area (Å²) in [4.78, 5) is 12.4. The number of fused-ring (bicyclic) bond motifs is 3. The Bertz CT molecular complexity index is 1020. The molecule has 0 radical (unpaired) electrons. The molecule has 2 aromatic carbocycles. The second kappa shape index (κ2) is 6.46. The zero-order chi connectivity index (χ0) is 18.3. The van der Waals surface area contributed by atoms with Gasteiger partial charge in [0.05, 0.1) is 22.6 Å². The molecular weight excluding hydrogens is 357 g/mol. The van der Waals surface area contributed by atoms with Crippen LogP contribution in [0, 0.1) is 12.7 Å². The Balaban J connectivity index is 1.61. The average molecular weight is 372 g/mol. The van der Waals surface area contributed by atoms with Crippen molar-refractivity contribution >= 4 is 23.2 Å². The Labute approximate surface area is 154 Å². The second-order valence-corrected chi connectivity index (χ2v) is 6.54. The first-order chi connectivity index (χ1) is 12.5. The molecule has 5 nitrogen and oxygen atoms in total. The summed E-state index contributed by atoms with van der Waals surface area (Å²) in [5.74, 6) is 0.0121. The number of aromatic nitrogens is 2. The largest absolute Gasteiger partial charge is 0.488 e. The number of anilines is 1. The maximum absolute atomic E-state index is 13.1. The van der Waals surface area contributed by atoms with E-state index in [9.17, 15) is 9.18 Å². The number of amides is 1. The van der Waals surface area contributed by atoms with Gasteiger partial charge in [-0.2, -0.15) is 5.10 Å². The molecule has 3 aromatic rings. The minimum absolute atomic E-state index is 0.0103. The lowest BCUT2D eigenvalue weighted by atomic mass is 10.0. The summed E-state index contributed by atoms with van der Waals surface area (Å²) >= 11 is 5.96. The molecule has 0 atom stereocenters. The van der Waals surface area contributed by atoms with Gasteiger partial charge in [0, 0.05) is 11.1 Å². The van der Waals surface area contributed by atoms with Crippen LogP contribution in [0.5, 0.6) is 5.75 Å². The molecular formula is C19H15ClFN3O2. The zero-order valence-electron chi connectivity index (χ0n) is 13.9. The summed E-state index contributed by atoms with van der Waals surface area (Å²) in [6.45, 7) is 2.42. The van der Waals surface area contributed by atoms with Gasteiger partial charge in [0.1, 0.15) is 24.7 Å². The molecule has 1 aromatic heterocycles. The highest BCUT2D eigenvalue weighted by Gasteiger charge is 2.23. The molecule has 7 heteroatoms. The number of benzene rings is 2. The number of ether oxygens (including phenoxy) is 1. The van der Waals surface area contributed by atoms with Crippen molar-refractivity contribution in [3.63, 3.8) is 0 Å². The lowest BCUT2D eigenvalue weighted by molar-refractivity contribution is -0.116. The van der Waals surface area contributed by atoms with Gasteiger partial charge < -0.3 is 10.1 Å². The number of carbonyl (C=O) groups excluding carboxylic acids is 1. The molecule has 1 aliphatic rings. The minimum Gasteiger partial charge on any atom is -0.488 e. The number of hydrogen-bond donors (Lipinski definition) is 1. The Morgan fingerprint density at radius 3 is 3.00 bits per heavy atom. The van der Waals surface area contributed by atoms with Crippen LogP contribution in [0.15, 0.2) is 42.6 Å². The monoisotopic (exact) mass is 371 g/mol. The second-order valence-electron chi connectivity index (χ2n) is 6.14. The lowest BCUT2D eigenvalue weighted by Gasteiger charge is -2.20. The van der Waals surface area contributed by atoms with E-state index in [-0.39, 0.29) is 17.5 Å². The quantitative estimate of drug-likeness (QED) is 0.751. The number of rotatable bonds is 3. The molecule has 1 N–H and O–H groups in total. The maximum atomic E-state index is 13.1. The zero-order valence-corrected chi connectivity index (χ0v) is 14.7. The summed E-state index contributed by atoms with van der Waals surface area (Å²) in [6.07, 6.45) is 1.71. The van der Waals surface area contributed by atoms with Gasteiger partial charge >= 0.3 is 0 Å². The van der Waals surface area contributed by atoms with E-state index in [2.05, 4.69) is 10.4 Å². The van der Waals surface area contributed by atoms with E-state index in [1.54, 1.807) is 10.9 Å². The Hall–Kier alpha value is -2.86. The van der Waals surface area contributed by atoms with Gasteiger partial charge in [-0.05, 0) is 37.3 Å². The summed E-state index contributed by atoms with van der Waals surface area (Å²) < 4.78 is 20.5. The summed E-state index contributed by atoms with van der Waals surface area (Å²) in [6, 6.07) is 9.74. The molecule has 0 unspecified atom stereocenters. The molecule has 1 amide bonds. The Morgan fingerprint density at radius 2 is 2.19 bits per heavy atom. The molecule has 0 saturated heterocycles. The van der Waals surface area contributed by atoms with Crippen LogP contribution >= 0.6 is 11.6 Å². The van der Waals surface area contributed by atoms with E-state index < -0.39 is 5.82 Å². The van der Waals surface area contributed by atoms with Gasteiger partial charge in [-0.15, -0.1) is 0 Å². The third kappa shape index (κ3) is 3.04. The first-order valence-corrected chi connectivity index (χ1v) is 8.42. The topological polar surface area (TPSA) is 56.2 Å². The predicted octanol–water partition coefficient (Wildman–Crippen LogP) is 4.18. The fourth-order valence-corrected chi connectivity index (χ4v) is 3.20. The molecule has 0 fully saturated rings. The first-order valence-electron chi connectivity index (χ1n) is 8.04. The molecule has 0 spiro atoms. The molecule has 2 heterocycles. The molecule has 26 heavy (non-hydrogen) atoms. The van der Waals surface area contributed by atoms with Gasteiger partial charge in [0.25, 0.3) is 0 Å². The standard InChI is InChI=1S/C19H15ClFN3O2/c1-11-2-5-17-14(6-11)19-12(10-26-17)8-22-24(19)9-18(25)23-16-4-3-13(21)7-15(16)20/h2-8H,9-10H2,1H3,(H,23,25). The van der Waals surface area contributed by atoms with Crippen molar-refractivity contribution in [1.29, 1.82) is 0 Å². The Morgan fingerprint density at radius 1 is 1.35 bits per heavy atom. The summed E-state index contributed by atoms with van der Waals surface area (Å²) in [5, 5.41) is 7.16. The van der Waals surface area contributed by atoms with Gasteiger partial charge in [-0.1, -0.05) is 23.2 Å². The number of nitrogens with one attached hydrogen (secondary N) is 1. The van der Waals surface area contributed by atoms with Gasteiger partial charge in [0.2, 0.25) is 5.91 Å². The maximum Gasteiger partial charge on any atom is 0.246 e. The Kier molecular flexibility index (Phi) is 4.12. The highest BCUT2D eigenvalue weighted by Crippen LogP contribution is 2.38. The molecule has 1 aliphatic heterocycles. The SMILES string of the molecule is Cc1ccc2c(c1)-c1c(cnn1CC(=O)Nc1ccc(F)cc1Cl)CO2. The molecule has 0 saturated carbocycles. The van der Waals surface area contributed by atoms with E-state index in [4.69, 9.17) is 16.3 Å². The van der Waals surface area contributed by atoms with Crippen molar-refractivity contribution in [3.05, 3.63) is 64.6 Å².